The Morgan fingerprint density at radius 3 is 2.50 bits per heavy atom. The smallest absolute Gasteiger partial charge is 0.416 e. The molecule has 0 aliphatic heterocycles. The number of carbonyl (C=O) groups excluding carboxylic acids is 1. The lowest BCUT2D eigenvalue weighted by molar-refractivity contribution is -0.385. The van der Waals surface area contributed by atoms with Crippen molar-refractivity contribution in [1.29, 1.82) is 0 Å². The predicted octanol–water partition coefficient (Wildman–Crippen LogP) is 4.35. The number of alkyl halides is 3. The molecule has 0 spiro atoms. The number of rotatable bonds is 5. The molecule has 0 saturated heterocycles. The molecule has 138 valence electrons. The van der Waals surface area contributed by atoms with Crippen molar-refractivity contribution >= 4 is 23.2 Å². The van der Waals surface area contributed by atoms with Crippen LogP contribution in [0.4, 0.5) is 18.9 Å². The zero-order chi connectivity index (χ0) is 19.5. The lowest BCUT2D eigenvalue weighted by Crippen LogP contribution is -2.20. The fraction of sp³-hybridized carbons (Fsp3) is 0.188. The van der Waals surface area contributed by atoms with Gasteiger partial charge in [-0.2, -0.15) is 13.2 Å². The van der Waals surface area contributed by atoms with E-state index in [9.17, 15) is 28.1 Å². The van der Waals surface area contributed by atoms with Crippen LogP contribution in [0.2, 0.25) is 5.02 Å². The maximum Gasteiger partial charge on any atom is 0.416 e. The van der Waals surface area contributed by atoms with Crippen molar-refractivity contribution in [3.05, 3.63) is 62.7 Å². The second-order valence-electron chi connectivity index (χ2n) is 5.14. The average Bonchev–Trinajstić information content (AvgIpc) is 2.55. The van der Waals surface area contributed by atoms with E-state index in [1.165, 1.54) is 19.2 Å². The molecule has 0 atom stereocenters. The largest absolute Gasteiger partial charge is 0.456 e. The van der Waals surface area contributed by atoms with Gasteiger partial charge in [-0.05, 0) is 30.3 Å². The first kappa shape index (κ1) is 19.5. The Balaban J connectivity index is 2.33. The standard InChI is InChI=1S/C16H12ClF3N2O4/c1-21-15(23)7-9-6-11(3-4-13(9)22(24)25)26-14-5-2-10(8-12(14)17)16(18,19)20/h2-6,8H,7H2,1H3,(H,21,23). The minimum Gasteiger partial charge on any atom is -0.456 e. The highest BCUT2D eigenvalue weighted by Crippen LogP contribution is 2.37. The van der Waals surface area contributed by atoms with Gasteiger partial charge in [-0.25, -0.2) is 0 Å². The molecule has 0 unspecified atom stereocenters. The summed E-state index contributed by atoms with van der Waals surface area (Å²) in [7, 11) is 1.39. The summed E-state index contributed by atoms with van der Waals surface area (Å²) in [6, 6.07) is 6.24. The van der Waals surface area contributed by atoms with Gasteiger partial charge in [-0.15, -0.1) is 0 Å². The highest BCUT2D eigenvalue weighted by atomic mass is 35.5. The quantitative estimate of drug-likeness (QED) is 0.610. The third-order valence-corrected chi connectivity index (χ3v) is 3.66. The van der Waals surface area contributed by atoms with E-state index in [1.54, 1.807) is 0 Å². The molecule has 0 radical (unpaired) electrons. The number of hydrogen-bond donors (Lipinski definition) is 1. The van der Waals surface area contributed by atoms with Crippen LogP contribution in [0.1, 0.15) is 11.1 Å². The van der Waals surface area contributed by atoms with Gasteiger partial charge in [0.25, 0.3) is 5.69 Å². The van der Waals surface area contributed by atoms with Gasteiger partial charge < -0.3 is 10.1 Å². The summed E-state index contributed by atoms with van der Waals surface area (Å²) in [5, 5.41) is 13.1. The number of ether oxygens (including phenoxy) is 1. The van der Waals surface area contributed by atoms with E-state index in [-0.39, 0.29) is 34.2 Å². The fourth-order valence-corrected chi connectivity index (χ4v) is 2.31. The Kier molecular flexibility index (Phi) is 5.71. The molecule has 1 amide bonds. The summed E-state index contributed by atoms with van der Waals surface area (Å²) < 4.78 is 43.4. The van der Waals surface area contributed by atoms with Crippen molar-refractivity contribution < 1.29 is 27.6 Å². The van der Waals surface area contributed by atoms with Crippen LogP contribution >= 0.6 is 11.6 Å². The first-order chi connectivity index (χ1) is 12.1. The van der Waals surface area contributed by atoms with Crippen molar-refractivity contribution in [2.24, 2.45) is 0 Å². The Bertz CT molecular complexity index is 856. The summed E-state index contributed by atoms with van der Waals surface area (Å²) in [5.74, 6) is -0.409. The summed E-state index contributed by atoms with van der Waals surface area (Å²) in [6.07, 6.45) is -4.80. The maximum atomic E-state index is 12.7. The number of nitrogens with one attached hydrogen (secondary N) is 1. The van der Waals surface area contributed by atoms with E-state index < -0.39 is 22.6 Å². The third kappa shape index (κ3) is 4.63. The summed E-state index contributed by atoms with van der Waals surface area (Å²) in [4.78, 5) is 21.9. The fourth-order valence-electron chi connectivity index (χ4n) is 2.09. The van der Waals surface area contributed by atoms with Gasteiger partial charge >= 0.3 is 6.18 Å². The highest BCUT2D eigenvalue weighted by molar-refractivity contribution is 6.32. The second kappa shape index (κ2) is 7.61. The molecule has 2 aromatic carbocycles. The van der Waals surface area contributed by atoms with Crippen LogP contribution in [-0.4, -0.2) is 17.9 Å². The zero-order valence-electron chi connectivity index (χ0n) is 13.3. The van der Waals surface area contributed by atoms with Crippen LogP contribution in [0.5, 0.6) is 11.5 Å². The van der Waals surface area contributed by atoms with Crippen LogP contribution < -0.4 is 10.1 Å². The maximum absolute atomic E-state index is 12.7. The Labute approximate surface area is 150 Å². The van der Waals surface area contributed by atoms with E-state index in [4.69, 9.17) is 16.3 Å². The molecule has 0 aliphatic rings. The number of carbonyl (C=O) groups is 1. The Morgan fingerprint density at radius 2 is 1.96 bits per heavy atom. The number of nitrogens with zero attached hydrogens (tertiary/aromatic N) is 1. The molecule has 0 aromatic heterocycles. The van der Waals surface area contributed by atoms with E-state index in [1.807, 2.05) is 0 Å². The van der Waals surface area contributed by atoms with Gasteiger partial charge in [0.15, 0.2) is 0 Å². The monoisotopic (exact) mass is 388 g/mol. The van der Waals surface area contributed by atoms with Crippen LogP contribution in [0.3, 0.4) is 0 Å². The number of halogens is 4. The second-order valence-corrected chi connectivity index (χ2v) is 5.55. The van der Waals surface area contributed by atoms with Crippen LogP contribution in [0.15, 0.2) is 36.4 Å². The van der Waals surface area contributed by atoms with Crippen molar-refractivity contribution in [2.45, 2.75) is 12.6 Å². The molecule has 26 heavy (non-hydrogen) atoms. The first-order valence-electron chi connectivity index (χ1n) is 7.14. The minimum atomic E-state index is -4.55. The van der Waals surface area contributed by atoms with E-state index in [0.717, 1.165) is 18.2 Å². The molecule has 2 aromatic rings. The molecule has 10 heteroatoms. The molecule has 1 N–H and O–H groups in total. The lowest BCUT2D eigenvalue weighted by atomic mass is 10.1. The van der Waals surface area contributed by atoms with Crippen molar-refractivity contribution in [3.63, 3.8) is 0 Å². The Hall–Kier alpha value is -2.81. The van der Waals surface area contributed by atoms with E-state index in [0.29, 0.717) is 6.07 Å². The first-order valence-corrected chi connectivity index (χ1v) is 7.52. The Morgan fingerprint density at radius 1 is 1.27 bits per heavy atom. The van der Waals surface area contributed by atoms with Gasteiger partial charge in [0.2, 0.25) is 5.91 Å². The van der Waals surface area contributed by atoms with Crippen molar-refractivity contribution in [1.82, 2.24) is 5.32 Å². The normalized spacial score (nSPS) is 11.1. The number of amides is 1. The summed E-state index contributed by atoms with van der Waals surface area (Å²) in [5.41, 5.74) is -1.12. The zero-order valence-corrected chi connectivity index (χ0v) is 14.0. The van der Waals surface area contributed by atoms with Crippen LogP contribution in [-0.2, 0) is 17.4 Å². The van der Waals surface area contributed by atoms with Crippen molar-refractivity contribution in [2.75, 3.05) is 7.05 Å². The van der Waals surface area contributed by atoms with Gasteiger partial charge in [-0.1, -0.05) is 11.6 Å². The number of benzene rings is 2. The molecular weight excluding hydrogens is 377 g/mol. The molecule has 6 nitrogen and oxygen atoms in total. The molecule has 0 saturated carbocycles. The molecule has 0 aliphatic carbocycles. The number of hydrogen-bond acceptors (Lipinski definition) is 4. The van der Waals surface area contributed by atoms with Gasteiger partial charge in [0, 0.05) is 18.7 Å². The average molecular weight is 389 g/mol. The van der Waals surface area contributed by atoms with Crippen molar-refractivity contribution in [3.8, 4) is 11.5 Å². The van der Waals surface area contributed by atoms with Crippen LogP contribution in [0, 0.1) is 10.1 Å². The number of nitro benzene ring substituents is 1. The molecule has 0 heterocycles. The van der Waals surface area contributed by atoms with Crippen LogP contribution in [0.25, 0.3) is 0 Å². The van der Waals surface area contributed by atoms with E-state index >= 15 is 0 Å². The number of nitro groups is 1. The molecule has 0 bridgehead atoms. The minimum absolute atomic E-state index is 0.0561. The van der Waals surface area contributed by atoms with Gasteiger partial charge in [-0.3, -0.25) is 14.9 Å². The molecular formula is C16H12ClF3N2O4. The molecule has 0 fully saturated rings. The topological polar surface area (TPSA) is 81.5 Å². The molecule has 2 rings (SSSR count). The summed E-state index contributed by atoms with van der Waals surface area (Å²) in [6.45, 7) is 0. The lowest BCUT2D eigenvalue weighted by Gasteiger charge is -2.12. The van der Waals surface area contributed by atoms with Gasteiger partial charge in [0.1, 0.15) is 11.5 Å². The SMILES string of the molecule is CNC(=O)Cc1cc(Oc2ccc(C(F)(F)F)cc2Cl)ccc1[N+](=O)[O-]. The number of likely N-dealkylation sites (N-methyl/N-ethyl adjacent to an activating group) is 1. The van der Waals surface area contributed by atoms with E-state index in [2.05, 4.69) is 5.32 Å². The summed E-state index contributed by atoms with van der Waals surface area (Å²) >= 11 is 5.82. The predicted molar refractivity (Wildman–Crippen MR) is 87.4 cm³/mol. The van der Waals surface area contributed by atoms with Gasteiger partial charge in [0.05, 0.1) is 21.9 Å². The highest BCUT2D eigenvalue weighted by Gasteiger charge is 2.31. The third-order valence-electron chi connectivity index (χ3n) is 3.36.